The van der Waals surface area contributed by atoms with Crippen molar-refractivity contribution in [2.75, 3.05) is 13.7 Å². The van der Waals surface area contributed by atoms with Crippen molar-refractivity contribution in [3.05, 3.63) is 117 Å². The Morgan fingerprint density at radius 1 is 0.691 bits per heavy atom. The van der Waals surface area contributed by atoms with E-state index in [4.69, 9.17) is 56.2 Å². The largest absolute Gasteiger partial charge is 0.507 e. The van der Waals surface area contributed by atoms with Gasteiger partial charge in [0, 0.05) is 41.2 Å². The molecule has 7 heterocycles. The van der Waals surface area contributed by atoms with Crippen molar-refractivity contribution in [3.8, 4) is 57.1 Å². The molecule has 16 rings (SSSR count). The maximum absolute atomic E-state index is 16.5. The number of aromatic hydroxyl groups is 2. The molecular weight excluding hydrogens is 1620 g/mol. The number of rotatable bonds is 22. The van der Waals surface area contributed by atoms with Crippen LogP contribution in [0.15, 0.2) is 78.9 Å². The highest BCUT2D eigenvalue weighted by Gasteiger charge is 2.53. The number of primary amides is 1. The Balaban J connectivity index is 1.01. The Bertz CT molecular complexity index is 4780. The number of halogens is 1. The summed E-state index contributed by atoms with van der Waals surface area (Å²) in [5, 5.41) is 120. The molecule has 5 aromatic rings. The Labute approximate surface area is 715 Å². The fourth-order valence-electron chi connectivity index (χ4n) is 18.6. The number of aliphatic hydroxyl groups excluding tert-OH is 6. The molecule has 0 spiro atoms. The van der Waals surface area contributed by atoms with E-state index < -0.39 is 222 Å². The highest BCUT2D eigenvalue weighted by molar-refractivity contribution is 6.32. The van der Waals surface area contributed by atoms with E-state index in [-0.39, 0.29) is 91.8 Å². The number of phenols is 2. The van der Waals surface area contributed by atoms with E-state index in [9.17, 15) is 55.2 Å². The monoisotopic (exact) mass is 1730 g/mol. The van der Waals surface area contributed by atoms with Crippen molar-refractivity contribution < 1.29 is 117 Å². The molecule has 15 bridgehead atoms. The second kappa shape index (κ2) is 38.2. The van der Waals surface area contributed by atoms with Crippen LogP contribution in [0.25, 0.3) is 11.1 Å². The van der Waals surface area contributed by atoms with Gasteiger partial charge in [0.1, 0.15) is 95.5 Å². The highest BCUT2D eigenvalue weighted by atomic mass is 35.5. The third-order valence-electron chi connectivity index (χ3n) is 24.9. The predicted octanol–water partition coefficient (Wildman–Crippen LogP) is 4.75. The number of carbonyl (C=O) groups excluding carboxylic acids is 9. The Morgan fingerprint density at radius 2 is 1.33 bits per heavy atom. The molecule has 19 atom stereocenters. The minimum atomic E-state index is -2.32. The van der Waals surface area contributed by atoms with Gasteiger partial charge in [0.25, 0.3) is 0 Å². The summed E-state index contributed by atoms with van der Waals surface area (Å²) in [4.78, 5) is 137. The zero-order chi connectivity index (χ0) is 88.5. The summed E-state index contributed by atoms with van der Waals surface area (Å²) in [6.45, 7) is 11.2. The molecule has 36 heteroatoms. The van der Waals surface area contributed by atoms with Crippen molar-refractivity contribution in [1.82, 2.24) is 47.9 Å². The van der Waals surface area contributed by atoms with Crippen LogP contribution >= 0.6 is 11.6 Å². The van der Waals surface area contributed by atoms with Crippen LogP contribution in [0, 0.1) is 36.5 Å². The van der Waals surface area contributed by atoms with E-state index in [2.05, 4.69) is 54.8 Å². The second-order valence-corrected chi connectivity index (χ2v) is 35.2. The van der Waals surface area contributed by atoms with Gasteiger partial charge in [-0.1, -0.05) is 82.7 Å². The highest BCUT2D eigenvalue weighted by Crippen LogP contribution is 2.55. The van der Waals surface area contributed by atoms with Gasteiger partial charge in [-0.05, 0) is 197 Å². The molecule has 0 radical (unpaired) electrons. The van der Waals surface area contributed by atoms with Crippen molar-refractivity contribution in [3.63, 3.8) is 0 Å². The topological polar surface area (TPSA) is 540 Å². The third kappa shape index (κ3) is 20.2. The number of nitrogens with one attached hydrogen (secondary N) is 9. The molecule has 0 aromatic heterocycles. The first kappa shape index (κ1) is 90.7. The summed E-state index contributed by atoms with van der Waals surface area (Å²) < 4.78 is 45.2. The summed E-state index contributed by atoms with van der Waals surface area (Å²) in [5.41, 5.74) is 9.33. The molecule has 4 aliphatic carbocycles. The lowest BCUT2D eigenvalue weighted by Gasteiger charge is -2.54. The number of phenolic OH excluding ortho intramolecular Hbond substituents is 2. The number of aliphatic hydroxyl groups is 6. The SMILES string of the molecule is CCCCCCCC(C)NC(=O)Oc1cc(O)c2c(c1)[C@@H](C(=O)NC1C3CC4CC(C3)CC1C4)NC(=O)[C@H]1NC(=O)[C@H](NC(=O)[C@@H]3NC(=O)[C@H](CC(N)=O)NC(=O)[C@H](NC(=O)[C@@H](CC(C)C)NC)[C@H](O)c4ccc(c(C)c4)Oc4cc3cc(c4O[C@@H]3O[C@H](CO)[C@@H](O)[C@H](O)[C@H]3O[C@H]3C[C@](C)(N)[C@H](O)[C@H](C)O3)Oc3ccc(cc3Cl)[C@H]1O)c1ccc(O)c-2c1. The quantitative estimate of drug-likeness (QED) is 0.0416. The summed E-state index contributed by atoms with van der Waals surface area (Å²) in [6, 6.07) is 1.06. The number of nitrogens with two attached hydrogens (primary N) is 2. The number of fused-ring (bicyclic) bond motifs is 15. The summed E-state index contributed by atoms with van der Waals surface area (Å²) in [6.07, 6.45) is -9.41. The van der Waals surface area contributed by atoms with Gasteiger partial charge in [-0.3, -0.25) is 38.4 Å². The lowest BCUT2D eigenvalue weighted by atomic mass is 9.54. The van der Waals surface area contributed by atoms with Crippen LogP contribution in [0.5, 0.6) is 46.0 Å². The number of ether oxygens (including phenoxy) is 7. The fraction of sp³-hybridized carbons (Fsp3) is 0.552. The van der Waals surface area contributed by atoms with Gasteiger partial charge in [0.15, 0.2) is 23.9 Å². The smallest absolute Gasteiger partial charge is 0.412 e. The molecule has 123 heavy (non-hydrogen) atoms. The van der Waals surface area contributed by atoms with Crippen LogP contribution in [-0.4, -0.2) is 199 Å². The molecule has 7 aliphatic heterocycles. The maximum atomic E-state index is 16.5. The van der Waals surface area contributed by atoms with Gasteiger partial charge in [0.05, 0.1) is 36.3 Å². The molecule has 666 valence electrons. The van der Waals surface area contributed by atoms with Crippen LogP contribution < -0.4 is 78.3 Å². The number of carbonyl (C=O) groups is 9. The van der Waals surface area contributed by atoms with Gasteiger partial charge >= 0.3 is 6.09 Å². The summed E-state index contributed by atoms with van der Waals surface area (Å²) in [7, 11) is 1.51. The molecule has 21 N–H and O–H groups in total. The first-order chi connectivity index (χ1) is 58.5. The maximum Gasteiger partial charge on any atom is 0.412 e. The number of amides is 9. The first-order valence-electron chi connectivity index (χ1n) is 42.1. The minimum Gasteiger partial charge on any atom is -0.507 e. The number of aryl methyl sites for hydroxylation is 1. The Kier molecular flexibility index (Phi) is 28.2. The molecular formula is C87H112ClN11O24. The van der Waals surface area contributed by atoms with Crippen LogP contribution in [0.4, 0.5) is 4.79 Å². The fourth-order valence-corrected chi connectivity index (χ4v) is 18.8. The zero-order valence-electron chi connectivity index (χ0n) is 69.6. The number of likely N-dealkylation sites (N-methyl/N-ethyl adjacent to an activating group) is 1. The van der Waals surface area contributed by atoms with Crippen molar-refractivity contribution in [1.29, 1.82) is 0 Å². The van der Waals surface area contributed by atoms with Gasteiger partial charge < -0.3 is 133 Å². The van der Waals surface area contributed by atoms with E-state index in [0.717, 1.165) is 94.5 Å². The van der Waals surface area contributed by atoms with Crippen LogP contribution in [0.2, 0.25) is 5.02 Å². The van der Waals surface area contributed by atoms with Gasteiger partial charge in [-0.15, -0.1) is 0 Å². The lowest BCUT2D eigenvalue weighted by molar-refractivity contribution is -0.333. The molecule has 1 unspecified atom stereocenters. The molecule has 11 aliphatic rings. The first-order valence-corrected chi connectivity index (χ1v) is 42.5. The van der Waals surface area contributed by atoms with Crippen molar-refractivity contribution in [2.45, 2.75) is 260 Å². The molecule has 35 nitrogen and oxygen atoms in total. The molecule has 5 aromatic carbocycles. The normalized spacial score (nSPS) is 30.9. The van der Waals surface area contributed by atoms with Crippen LogP contribution in [0.1, 0.15) is 195 Å². The van der Waals surface area contributed by atoms with E-state index in [0.29, 0.717) is 18.3 Å². The average molecular weight is 1730 g/mol. The summed E-state index contributed by atoms with van der Waals surface area (Å²) >= 11 is 7.32. The van der Waals surface area contributed by atoms with Crippen LogP contribution in [-0.2, 0) is 52.6 Å². The molecule has 4 saturated carbocycles. The van der Waals surface area contributed by atoms with Gasteiger partial charge in [0.2, 0.25) is 59.3 Å². The number of hydrogen-bond acceptors (Lipinski definition) is 26. The van der Waals surface area contributed by atoms with Crippen molar-refractivity contribution in [2.24, 2.45) is 41.1 Å². The van der Waals surface area contributed by atoms with E-state index in [1.807, 2.05) is 13.8 Å². The third-order valence-corrected chi connectivity index (χ3v) is 25.2. The van der Waals surface area contributed by atoms with E-state index >= 15 is 28.8 Å². The molecule has 6 fully saturated rings. The Hall–Kier alpha value is -10.0. The average Bonchev–Trinajstić information content (AvgIpc) is 0.752. The van der Waals surface area contributed by atoms with E-state index in [1.165, 1.54) is 76.3 Å². The molecule has 2 saturated heterocycles. The minimum absolute atomic E-state index is 0.0221. The predicted molar refractivity (Wildman–Crippen MR) is 441 cm³/mol. The van der Waals surface area contributed by atoms with Crippen molar-refractivity contribution >= 4 is 65.0 Å². The number of benzene rings is 5. The van der Waals surface area contributed by atoms with Gasteiger partial charge in [-0.2, -0.15) is 0 Å². The Morgan fingerprint density at radius 3 is 1.98 bits per heavy atom. The summed E-state index contributed by atoms with van der Waals surface area (Å²) in [5.74, 6) is -12.4. The number of hydrogen-bond donors (Lipinski definition) is 19. The zero-order valence-corrected chi connectivity index (χ0v) is 70.4. The van der Waals surface area contributed by atoms with E-state index in [1.54, 1.807) is 6.92 Å². The lowest BCUT2D eigenvalue weighted by Crippen LogP contribution is -2.64. The van der Waals surface area contributed by atoms with Gasteiger partial charge in [-0.25, -0.2) is 4.79 Å². The molecule has 9 amide bonds. The standard InChI is InChI=1S/C87H112ClN11O24/c1-9-10-11-12-13-14-39(5)92-86(116)118-49-32-51-64(56(102)33-49)50-28-43(15-18-55(50)101)66-80(111)99-70(84(115)97-68(51)82(113)94-65-46-24-41-23-42(26-46)27-47(65)25-41)72(105)45-17-20-58(52(88)29-45)120-60-31-48-30-59(75(60)123-85-76(74(107)73(106)61(36-100)121-85)122-63-35-87(7,90)77(108)40(6)117-63)119-57-19-16-44(22-38(57)4)71(104)69(98-78(109)53(91-8)21-37(2)3)83(114)93-54(34-62(89)103)79(110)95-67(48)81(112)96-66/h15-20,22,28-33,37,39-42,46-47,53-54,61,63,65-74,76-77,85,91,100-102,104-108H,9-14,21,23-27,34-36,90H2,1-8H3,(H2,89,103)(H,92,116)(H,93,114)(H,94,113)(H,95,110)(H,96,112)(H,97,115)(H,98,109)(H,99,111)/t39?,40-,41?,42?,46?,47?,53+,54-,61+,63-,65?,66+,67+,68-,69+,70-,71+,72+,73+,74-,76+,77+,85-,87-/m0/s1. The second-order valence-electron chi connectivity index (χ2n) is 34.8. The number of unbranched alkanes of at least 4 members (excludes halogenated alkanes) is 4. The van der Waals surface area contributed by atoms with Crippen LogP contribution in [0.3, 0.4) is 0 Å².